The molecule has 1 aliphatic heterocycles. The number of carbonyl (C=O) groups excluding carboxylic acids is 1. The minimum atomic E-state index is -0.0884. The van der Waals surface area contributed by atoms with Gasteiger partial charge in [-0.15, -0.1) is 0 Å². The first kappa shape index (κ1) is 14.0. The molecular weight excluding hydrogens is 450 g/mol. The second-order valence-electron chi connectivity index (χ2n) is 4.34. The third kappa shape index (κ3) is 2.50. The van der Waals surface area contributed by atoms with E-state index in [4.69, 9.17) is 0 Å². The number of benzene rings is 2. The van der Waals surface area contributed by atoms with Crippen molar-refractivity contribution in [3.05, 3.63) is 60.9 Å². The van der Waals surface area contributed by atoms with Crippen LogP contribution in [0.3, 0.4) is 0 Å². The van der Waals surface area contributed by atoms with E-state index >= 15 is 0 Å². The fourth-order valence-electron chi connectivity index (χ4n) is 2.11. The highest BCUT2D eigenvalue weighted by atomic mass is 79.9. The van der Waals surface area contributed by atoms with Crippen LogP contribution < -0.4 is 5.32 Å². The van der Waals surface area contributed by atoms with Crippen molar-refractivity contribution in [1.29, 1.82) is 0 Å². The van der Waals surface area contributed by atoms with Gasteiger partial charge in [0.05, 0.1) is 5.69 Å². The van der Waals surface area contributed by atoms with Crippen LogP contribution in [0.2, 0.25) is 0 Å². The van der Waals surface area contributed by atoms with Crippen molar-refractivity contribution in [2.24, 2.45) is 0 Å². The quantitative estimate of drug-likeness (QED) is 0.565. The Morgan fingerprint density at radius 1 is 1.00 bits per heavy atom. The molecule has 5 heteroatoms. The number of rotatable bonds is 1. The lowest BCUT2D eigenvalue weighted by molar-refractivity contribution is -0.110. The molecule has 100 valence electrons. The largest absolute Gasteiger partial charge is 0.320 e. The highest BCUT2D eigenvalue weighted by Crippen LogP contribution is 2.40. The summed E-state index contributed by atoms with van der Waals surface area (Å²) in [7, 11) is 0. The number of hydrogen-bond acceptors (Lipinski definition) is 1. The molecule has 2 aromatic carbocycles. The summed E-state index contributed by atoms with van der Waals surface area (Å²) in [6, 6.07) is 11.7. The monoisotopic (exact) mass is 455 g/mol. The number of carbonyl (C=O) groups is 1. The lowest BCUT2D eigenvalue weighted by Gasteiger charge is -2.03. The van der Waals surface area contributed by atoms with Gasteiger partial charge < -0.3 is 5.32 Å². The van der Waals surface area contributed by atoms with Crippen LogP contribution in [-0.4, -0.2) is 5.91 Å². The molecule has 0 aliphatic carbocycles. The van der Waals surface area contributed by atoms with Crippen LogP contribution in [0.1, 0.15) is 11.1 Å². The third-order valence-electron chi connectivity index (χ3n) is 3.03. The zero-order valence-corrected chi connectivity index (χ0v) is 14.8. The molecule has 2 aromatic rings. The van der Waals surface area contributed by atoms with Gasteiger partial charge in [0, 0.05) is 24.6 Å². The number of nitrogens with one attached hydrogen (secondary N) is 1. The summed E-state index contributed by atoms with van der Waals surface area (Å²) in [5.41, 5.74) is 3.35. The fraction of sp³-hybridized carbons (Fsp3) is 0. The van der Waals surface area contributed by atoms with Crippen molar-refractivity contribution in [1.82, 2.24) is 0 Å². The Kier molecular flexibility index (Phi) is 3.84. The number of halogens is 3. The fourth-order valence-corrected chi connectivity index (χ4v) is 3.83. The number of amides is 1. The summed E-state index contributed by atoms with van der Waals surface area (Å²) >= 11 is 10.4. The molecular formula is C15H8Br3NO. The molecule has 1 N–H and O–H groups in total. The average Bonchev–Trinajstić information content (AvgIpc) is 2.70. The SMILES string of the molecule is O=C1Nc2c(Br)cc(Br)cc2C1=Cc1ccccc1Br. The first-order valence-corrected chi connectivity index (χ1v) is 8.21. The Balaban J connectivity index is 2.18. The van der Waals surface area contributed by atoms with Crippen molar-refractivity contribution < 1.29 is 4.79 Å². The van der Waals surface area contributed by atoms with E-state index in [2.05, 4.69) is 53.1 Å². The van der Waals surface area contributed by atoms with E-state index in [1.165, 1.54) is 0 Å². The van der Waals surface area contributed by atoms with Crippen LogP contribution in [0.15, 0.2) is 49.8 Å². The lowest BCUT2D eigenvalue weighted by Crippen LogP contribution is -2.03. The maximum absolute atomic E-state index is 12.2. The molecule has 2 nitrogen and oxygen atoms in total. The van der Waals surface area contributed by atoms with Crippen LogP contribution in [0, 0.1) is 0 Å². The predicted octanol–water partition coefficient (Wildman–Crippen LogP) is 5.47. The molecule has 3 rings (SSSR count). The Morgan fingerprint density at radius 3 is 2.50 bits per heavy atom. The minimum absolute atomic E-state index is 0.0884. The van der Waals surface area contributed by atoms with Gasteiger partial charge in [-0.1, -0.05) is 50.1 Å². The molecule has 0 spiro atoms. The number of fused-ring (bicyclic) bond motifs is 1. The van der Waals surface area contributed by atoms with Gasteiger partial charge in [0.15, 0.2) is 0 Å². The molecule has 0 fully saturated rings. The summed E-state index contributed by atoms with van der Waals surface area (Å²) in [6.45, 7) is 0. The molecule has 1 amide bonds. The highest BCUT2D eigenvalue weighted by molar-refractivity contribution is 9.11. The molecule has 0 bridgehead atoms. The topological polar surface area (TPSA) is 29.1 Å². The van der Waals surface area contributed by atoms with Gasteiger partial charge in [-0.05, 0) is 45.8 Å². The molecule has 1 heterocycles. The van der Waals surface area contributed by atoms with E-state index in [0.29, 0.717) is 5.57 Å². The lowest BCUT2D eigenvalue weighted by atomic mass is 10.0. The minimum Gasteiger partial charge on any atom is -0.320 e. The van der Waals surface area contributed by atoms with E-state index in [9.17, 15) is 4.79 Å². The van der Waals surface area contributed by atoms with Crippen molar-refractivity contribution in [3.63, 3.8) is 0 Å². The van der Waals surface area contributed by atoms with Gasteiger partial charge in [0.25, 0.3) is 5.91 Å². The molecule has 20 heavy (non-hydrogen) atoms. The number of hydrogen-bond donors (Lipinski definition) is 1. The summed E-state index contributed by atoms with van der Waals surface area (Å²) in [6.07, 6.45) is 1.89. The zero-order chi connectivity index (χ0) is 14.3. The Hall–Kier alpha value is -0.910. The van der Waals surface area contributed by atoms with Gasteiger partial charge in [-0.2, -0.15) is 0 Å². The van der Waals surface area contributed by atoms with Crippen LogP contribution in [-0.2, 0) is 4.79 Å². The van der Waals surface area contributed by atoms with Crippen LogP contribution in [0.25, 0.3) is 11.6 Å². The summed E-state index contributed by atoms with van der Waals surface area (Å²) in [5.74, 6) is -0.0884. The van der Waals surface area contributed by atoms with Crippen LogP contribution in [0.4, 0.5) is 5.69 Å². The van der Waals surface area contributed by atoms with Crippen molar-refractivity contribution >= 4 is 71.0 Å². The van der Waals surface area contributed by atoms with E-state index in [0.717, 1.165) is 30.2 Å². The summed E-state index contributed by atoms with van der Waals surface area (Å²) in [5, 5.41) is 2.89. The summed E-state index contributed by atoms with van der Waals surface area (Å²) < 4.78 is 2.76. The molecule has 0 saturated heterocycles. The molecule has 0 radical (unpaired) electrons. The Labute approximate surface area is 141 Å². The van der Waals surface area contributed by atoms with Crippen molar-refractivity contribution in [2.75, 3.05) is 5.32 Å². The van der Waals surface area contributed by atoms with Crippen molar-refractivity contribution in [2.45, 2.75) is 0 Å². The predicted molar refractivity (Wildman–Crippen MR) is 92.5 cm³/mol. The van der Waals surface area contributed by atoms with Gasteiger partial charge in [0.1, 0.15) is 0 Å². The molecule has 1 aliphatic rings. The Morgan fingerprint density at radius 2 is 1.75 bits per heavy atom. The first-order chi connectivity index (χ1) is 9.56. The molecule has 0 saturated carbocycles. The molecule has 0 unspecified atom stereocenters. The normalized spacial score (nSPS) is 15.3. The van der Waals surface area contributed by atoms with E-state index in [1.807, 2.05) is 42.5 Å². The first-order valence-electron chi connectivity index (χ1n) is 5.83. The van der Waals surface area contributed by atoms with Gasteiger partial charge >= 0.3 is 0 Å². The third-order valence-corrected chi connectivity index (χ3v) is 4.84. The van der Waals surface area contributed by atoms with Crippen LogP contribution >= 0.6 is 47.8 Å². The molecule has 0 atom stereocenters. The maximum atomic E-state index is 12.2. The van der Waals surface area contributed by atoms with E-state index < -0.39 is 0 Å². The smallest absolute Gasteiger partial charge is 0.256 e. The second-order valence-corrected chi connectivity index (χ2v) is 6.97. The van der Waals surface area contributed by atoms with Crippen LogP contribution in [0.5, 0.6) is 0 Å². The zero-order valence-electron chi connectivity index (χ0n) is 10.1. The number of anilines is 1. The van der Waals surface area contributed by atoms with Gasteiger partial charge in [0.2, 0.25) is 0 Å². The maximum Gasteiger partial charge on any atom is 0.256 e. The standard InChI is InChI=1S/C15H8Br3NO/c16-9-6-10-11(5-8-3-1-2-4-12(8)17)15(20)19-14(10)13(18)7-9/h1-7H,(H,19,20). The second kappa shape index (κ2) is 5.47. The molecule has 0 aromatic heterocycles. The Bertz CT molecular complexity index is 753. The highest BCUT2D eigenvalue weighted by Gasteiger charge is 2.26. The van der Waals surface area contributed by atoms with Gasteiger partial charge in [-0.25, -0.2) is 0 Å². The van der Waals surface area contributed by atoms with Gasteiger partial charge in [-0.3, -0.25) is 4.79 Å². The van der Waals surface area contributed by atoms with E-state index in [-0.39, 0.29) is 5.91 Å². The van der Waals surface area contributed by atoms with Crippen molar-refractivity contribution in [3.8, 4) is 0 Å². The summed E-state index contributed by atoms with van der Waals surface area (Å²) in [4.78, 5) is 12.2. The average molecular weight is 458 g/mol. The van der Waals surface area contributed by atoms with E-state index in [1.54, 1.807) is 0 Å².